The van der Waals surface area contributed by atoms with Crippen LogP contribution < -0.4 is 0 Å². The van der Waals surface area contributed by atoms with Crippen molar-refractivity contribution in [2.45, 2.75) is 13.0 Å². The molecule has 1 aromatic carbocycles. The van der Waals surface area contributed by atoms with Crippen molar-refractivity contribution in [2.75, 3.05) is 5.75 Å². The maximum absolute atomic E-state index is 8.65. The summed E-state index contributed by atoms with van der Waals surface area (Å²) < 4.78 is 0. The van der Waals surface area contributed by atoms with Gasteiger partial charge in [0.25, 0.3) is 0 Å². The Bertz CT molecular complexity index is 400. The van der Waals surface area contributed by atoms with Gasteiger partial charge in [-0.15, -0.1) is 11.8 Å². The molecule has 2 rings (SSSR count). The van der Waals surface area contributed by atoms with Crippen LogP contribution in [-0.4, -0.2) is 10.8 Å². The Hall–Kier alpha value is -1.27. The van der Waals surface area contributed by atoms with Gasteiger partial charge in [-0.3, -0.25) is 4.99 Å². The smallest absolute Gasteiger partial charge is 0.0991 e. The highest BCUT2D eigenvalue weighted by molar-refractivity contribution is 8.14. The topological polar surface area (TPSA) is 36.1 Å². The Morgan fingerprint density at radius 3 is 2.64 bits per heavy atom. The number of benzene rings is 1. The first-order valence-electron chi connectivity index (χ1n) is 4.47. The van der Waals surface area contributed by atoms with E-state index in [2.05, 4.69) is 11.1 Å². The normalized spacial score (nSPS) is 20.3. The summed E-state index contributed by atoms with van der Waals surface area (Å²) in [6, 6.07) is 10.1. The predicted octanol–water partition coefficient (Wildman–Crippen LogP) is 2.76. The Labute approximate surface area is 87.7 Å². The SMILES string of the molecule is CC1=NC(c2ccc(C#N)cc2)CS1. The molecule has 0 spiro atoms. The average Bonchev–Trinajstić information content (AvgIpc) is 2.65. The molecule has 0 bridgehead atoms. The summed E-state index contributed by atoms with van der Waals surface area (Å²) in [6.45, 7) is 2.04. The van der Waals surface area contributed by atoms with Crippen molar-refractivity contribution in [1.82, 2.24) is 0 Å². The van der Waals surface area contributed by atoms with Gasteiger partial charge in [-0.2, -0.15) is 5.26 Å². The first-order valence-corrected chi connectivity index (χ1v) is 5.45. The average molecular weight is 202 g/mol. The maximum atomic E-state index is 8.65. The standard InChI is InChI=1S/C11H10N2S/c1-8-13-11(7-14-8)10-4-2-9(6-12)3-5-10/h2-5,11H,7H2,1H3. The second-order valence-electron chi connectivity index (χ2n) is 3.21. The van der Waals surface area contributed by atoms with Gasteiger partial charge in [0.15, 0.2) is 0 Å². The van der Waals surface area contributed by atoms with Gasteiger partial charge in [-0.25, -0.2) is 0 Å². The van der Waals surface area contributed by atoms with Gasteiger partial charge < -0.3 is 0 Å². The molecule has 1 atom stereocenters. The Morgan fingerprint density at radius 2 is 2.14 bits per heavy atom. The molecule has 0 aliphatic carbocycles. The monoisotopic (exact) mass is 202 g/mol. The summed E-state index contributed by atoms with van der Waals surface area (Å²) >= 11 is 1.80. The van der Waals surface area contributed by atoms with Crippen LogP contribution in [0, 0.1) is 11.3 Å². The second kappa shape index (κ2) is 3.85. The minimum atomic E-state index is 0.285. The van der Waals surface area contributed by atoms with Crippen LogP contribution in [0.3, 0.4) is 0 Å². The molecular formula is C11H10N2S. The third-order valence-electron chi connectivity index (χ3n) is 2.21. The van der Waals surface area contributed by atoms with Gasteiger partial charge in [0.1, 0.15) is 0 Å². The molecule has 0 amide bonds. The van der Waals surface area contributed by atoms with Crippen LogP contribution in [0.2, 0.25) is 0 Å². The first-order chi connectivity index (χ1) is 6.79. The van der Waals surface area contributed by atoms with Crippen LogP contribution in [0.25, 0.3) is 0 Å². The van der Waals surface area contributed by atoms with Crippen LogP contribution >= 0.6 is 11.8 Å². The third kappa shape index (κ3) is 1.80. The Balaban J connectivity index is 2.22. The highest BCUT2D eigenvalue weighted by Crippen LogP contribution is 2.29. The van der Waals surface area contributed by atoms with Crippen molar-refractivity contribution >= 4 is 16.8 Å². The van der Waals surface area contributed by atoms with Crippen molar-refractivity contribution in [3.05, 3.63) is 35.4 Å². The van der Waals surface area contributed by atoms with E-state index in [-0.39, 0.29) is 6.04 Å². The zero-order chi connectivity index (χ0) is 9.97. The lowest BCUT2D eigenvalue weighted by Crippen LogP contribution is -1.93. The minimum Gasteiger partial charge on any atom is -0.274 e. The van der Waals surface area contributed by atoms with E-state index >= 15 is 0 Å². The van der Waals surface area contributed by atoms with Crippen molar-refractivity contribution in [3.8, 4) is 6.07 Å². The van der Waals surface area contributed by atoms with E-state index in [1.807, 2.05) is 31.2 Å². The lowest BCUT2D eigenvalue weighted by molar-refractivity contribution is 0.849. The highest BCUT2D eigenvalue weighted by Gasteiger charge is 2.16. The van der Waals surface area contributed by atoms with E-state index in [0.29, 0.717) is 5.56 Å². The molecule has 3 heteroatoms. The fraction of sp³-hybridized carbons (Fsp3) is 0.273. The number of thioether (sulfide) groups is 1. The second-order valence-corrected chi connectivity index (χ2v) is 4.42. The molecule has 0 radical (unpaired) electrons. The molecule has 0 N–H and O–H groups in total. The Morgan fingerprint density at radius 1 is 1.43 bits per heavy atom. The number of rotatable bonds is 1. The first kappa shape index (κ1) is 9.29. The van der Waals surface area contributed by atoms with E-state index in [1.54, 1.807) is 11.8 Å². The molecule has 1 aliphatic heterocycles. The summed E-state index contributed by atoms with van der Waals surface area (Å²) in [5, 5.41) is 9.81. The van der Waals surface area contributed by atoms with Crippen LogP contribution in [-0.2, 0) is 0 Å². The molecule has 0 saturated heterocycles. The van der Waals surface area contributed by atoms with E-state index in [9.17, 15) is 0 Å². The fourth-order valence-electron chi connectivity index (χ4n) is 1.44. The number of aliphatic imine (C=N–C) groups is 1. The van der Waals surface area contributed by atoms with E-state index < -0.39 is 0 Å². The van der Waals surface area contributed by atoms with Crippen molar-refractivity contribution in [1.29, 1.82) is 5.26 Å². The highest BCUT2D eigenvalue weighted by atomic mass is 32.2. The van der Waals surface area contributed by atoms with Gasteiger partial charge >= 0.3 is 0 Å². The molecule has 1 aliphatic rings. The predicted molar refractivity (Wildman–Crippen MR) is 59.5 cm³/mol. The number of nitrogens with zero attached hydrogens (tertiary/aromatic N) is 2. The molecule has 0 saturated carbocycles. The lowest BCUT2D eigenvalue weighted by Gasteiger charge is -2.05. The summed E-state index contributed by atoms with van der Waals surface area (Å²) in [5.41, 5.74) is 1.91. The summed E-state index contributed by atoms with van der Waals surface area (Å²) in [7, 11) is 0. The molecule has 14 heavy (non-hydrogen) atoms. The molecule has 0 aromatic heterocycles. The number of hydrogen-bond acceptors (Lipinski definition) is 3. The quantitative estimate of drug-likeness (QED) is 0.702. The molecule has 1 aromatic rings. The van der Waals surface area contributed by atoms with Crippen LogP contribution in [0.1, 0.15) is 24.1 Å². The number of hydrogen-bond donors (Lipinski definition) is 0. The summed E-state index contributed by atoms with van der Waals surface area (Å²) in [5.74, 6) is 1.03. The third-order valence-corrected chi connectivity index (χ3v) is 3.22. The van der Waals surface area contributed by atoms with Gasteiger partial charge in [-0.05, 0) is 24.6 Å². The molecular weight excluding hydrogens is 192 g/mol. The summed E-state index contributed by atoms with van der Waals surface area (Å²) in [6.07, 6.45) is 0. The van der Waals surface area contributed by atoms with Crippen molar-refractivity contribution in [2.24, 2.45) is 4.99 Å². The van der Waals surface area contributed by atoms with Crippen LogP contribution in [0.5, 0.6) is 0 Å². The summed E-state index contributed by atoms with van der Waals surface area (Å²) in [4.78, 5) is 4.51. The van der Waals surface area contributed by atoms with Crippen molar-refractivity contribution < 1.29 is 0 Å². The van der Waals surface area contributed by atoms with Crippen molar-refractivity contribution in [3.63, 3.8) is 0 Å². The zero-order valence-electron chi connectivity index (χ0n) is 7.90. The van der Waals surface area contributed by atoms with E-state index in [4.69, 9.17) is 5.26 Å². The molecule has 1 heterocycles. The Kier molecular flexibility index (Phi) is 2.55. The fourth-order valence-corrected chi connectivity index (χ4v) is 2.31. The molecule has 70 valence electrons. The van der Waals surface area contributed by atoms with Crippen LogP contribution in [0.15, 0.2) is 29.3 Å². The maximum Gasteiger partial charge on any atom is 0.0991 e. The number of nitriles is 1. The largest absolute Gasteiger partial charge is 0.274 e. The van der Waals surface area contributed by atoms with Gasteiger partial charge in [0.05, 0.1) is 22.7 Å². The lowest BCUT2D eigenvalue weighted by atomic mass is 10.1. The molecule has 2 nitrogen and oxygen atoms in total. The van der Waals surface area contributed by atoms with Gasteiger partial charge in [0.2, 0.25) is 0 Å². The van der Waals surface area contributed by atoms with E-state index in [0.717, 1.165) is 10.8 Å². The zero-order valence-corrected chi connectivity index (χ0v) is 8.71. The van der Waals surface area contributed by atoms with E-state index in [1.165, 1.54) is 5.56 Å². The van der Waals surface area contributed by atoms with Gasteiger partial charge in [-0.1, -0.05) is 12.1 Å². The van der Waals surface area contributed by atoms with Gasteiger partial charge in [0, 0.05) is 5.75 Å². The molecule has 0 fully saturated rings. The van der Waals surface area contributed by atoms with Crippen LogP contribution in [0.4, 0.5) is 0 Å². The molecule has 1 unspecified atom stereocenters. The minimum absolute atomic E-state index is 0.285.